The summed E-state index contributed by atoms with van der Waals surface area (Å²) in [5.74, 6) is -0.806. The first-order valence-electron chi connectivity index (χ1n) is 8.33. The van der Waals surface area contributed by atoms with Crippen molar-refractivity contribution in [3.8, 4) is 5.69 Å². The van der Waals surface area contributed by atoms with Crippen LogP contribution in [0.15, 0.2) is 30.5 Å². The van der Waals surface area contributed by atoms with Crippen LogP contribution in [-0.2, 0) is 4.79 Å². The molecule has 0 saturated carbocycles. The van der Waals surface area contributed by atoms with Gasteiger partial charge >= 0.3 is 0 Å². The van der Waals surface area contributed by atoms with Crippen molar-refractivity contribution in [1.29, 1.82) is 0 Å². The number of aromatic nitrogens is 3. The van der Waals surface area contributed by atoms with E-state index in [-0.39, 0.29) is 29.2 Å². The van der Waals surface area contributed by atoms with E-state index in [2.05, 4.69) is 15.5 Å². The molecule has 8 heteroatoms. The number of nitrogens with one attached hydrogen (secondary N) is 1. The number of hydrogen-bond donors (Lipinski definition) is 1. The van der Waals surface area contributed by atoms with E-state index in [1.807, 2.05) is 6.92 Å². The van der Waals surface area contributed by atoms with Crippen molar-refractivity contribution in [3.05, 3.63) is 42.0 Å². The molecule has 2 amide bonds. The third-order valence-electron chi connectivity index (χ3n) is 4.20. The van der Waals surface area contributed by atoms with Gasteiger partial charge in [-0.05, 0) is 44.0 Å². The van der Waals surface area contributed by atoms with E-state index in [4.69, 9.17) is 0 Å². The van der Waals surface area contributed by atoms with E-state index in [0.717, 1.165) is 12.8 Å². The Morgan fingerprint density at radius 2 is 2.08 bits per heavy atom. The predicted molar refractivity (Wildman–Crippen MR) is 88.6 cm³/mol. The number of amides is 2. The molecule has 3 rings (SSSR count). The van der Waals surface area contributed by atoms with Gasteiger partial charge in [0.1, 0.15) is 5.82 Å². The molecular formula is C17H20FN5O2. The van der Waals surface area contributed by atoms with Crippen LogP contribution in [0.5, 0.6) is 0 Å². The topological polar surface area (TPSA) is 80.1 Å². The molecule has 1 aromatic carbocycles. The molecule has 25 heavy (non-hydrogen) atoms. The fraction of sp³-hybridized carbons (Fsp3) is 0.412. The zero-order chi connectivity index (χ0) is 17.8. The smallest absolute Gasteiger partial charge is 0.276 e. The van der Waals surface area contributed by atoms with Gasteiger partial charge in [0, 0.05) is 19.6 Å². The predicted octanol–water partition coefficient (Wildman–Crippen LogP) is 1.39. The summed E-state index contributed by atoms with van der Waals surface area (Å²) in [7, 11) is 0. The van der Waals surface area contributed by atoms with Crippen molar-refractivity contribution in [1.82, 2.24) is 25.2 Å². The van der Waals surface area contributed by atoms with E-state index in [9.17, 15) is 14.0 Å². The maximum Gasteiger partial charge on any atom is 0.276 e. The Morgan fingerprint density at radius 3 is 2.80 bits per heavy atom. The number of carbonyl (C=O) groups excluding carboxylic acids is 2. The maximum atomic E-state index is 13.0. The maximum absolute atomic E-state index is 13.0. The van der Waals surface area contributed by atoms with Crippen LogP contribution in [0.25, 0.3) is 5.69 Å². The van der Waals surface area contributed by atoms with Gasteiger partial charge in [-0.1, -0.05) is 0 Å². The average Bonchev–Trinajstić information content (AvgIpc) is 3.12. The Labute approximate surface area is 144 Å². The number of nitrogens with zero attached hydrogens (tertiary/aromatic N) is 4. The Kier molecular flexibility index (Phi) is 5.06. The molecule has 7 nitrogen and oxygen atoms in total. The number of carbonyl (C=O) groups is 2. The molecule has 0 aliphatic carbocycles. The highest BCUT2D eigenvalue weighted by atomic mass is 19.1. The molecule has 1 fully saturated rings. The minimum atomic E-state index is -0.350. The Hall–Kier alpha value is -2.77. The normalized spacial score (nSPS) is 17.4. The van der Waals surface area contributed by atoms with Gasteiger partial charge in [0.15, 0.2) is 5.69 Å². The molecule has 0 unspecified atom stereocenters. The SMILES string of the molecule is CCNC(=O)[C@@H]1CCCN(C(=O)c2cnn(-c3ccc(F)cc3)n2)C1. The summed E-state index contributed by atoms with van der Waals surface area (Å²) < 4.78 is 13.0. The number of likely N-dealkylation sites (tertiary alicyclic amines) is 1. The van der Waals surface area contributed by atoms with Crippen molar-refractivity contribution >= 4 is 11.8 Å². The number of piperidine rings is 1. The molecule has 1 aliphatic rings. The first kappa shape index (κ1) is 17.1. The zero-order valence-corrected chi connectivity index (χ0v) is 14.0. The second-order valence-corrected chi connectivity index (χ2v) is 5.98. The molecule has 1 N–H and O–H groups in total. The van der Waals surface area contributed by atoms with E-state index < -0.39 is 0 Å². The molecule has 1 aromatic heterocycles. The number of hydrogen-bond acceptors (Lipinski definition) is 4. The summed E-state index contributed by atoms with van der Waals surface area (Å²) in [6, 6.07) is 5.69. The minimum absolute atomic E-state index is 0.0185. The zero-order valence-electron chi connectivity index (χ0n) is 14.0. The lowest BCUT2D eigenvalue weighted by Crippen LogP contribution is -2.45. The lowest BCUT2D eigenvalue weighted by molar-refractivity contribution is -0.126. The van der Waals surface area contributed by atoms with Crippen molar-refractivity contribution in [2.75, 3.05) is 19.6 Å². The molecule has 1 saturated heterocycles. The van der Waals surface area contributed by atoms with Crippen LogP contribution >= 0.6 is 0 Å². The second-order valence-electron chi connectivity index (χ2n) is 5.98. The monoisotopic (exact) mass is 345 g/mol. The van der Waals surface area contributed by atoms with Gasteiger partial charge in [0.2, 0.25) is 5.91 Å². The number of benzene rings is 1. The highest BCUT2D eigenvalue weighted by Crippen LogP contribution is 2.18. The third-order valence-corrected chi connectivity index (χ3v) is 4.20. The van der Waals surface area contributed by atoms with Crippen molar-refractivity contribution in [2.24, 2.45) is 5.92 Å². The minimum Gasteiger partial charge on any atom is -0.356 e. The largest absolute Gasteiger partial charge is 0.356 e. The van der Waals surface area contributed by atoms with E-state index in [1.54, 1.807) is 4.90 Å². The molecule has 0 radical (unpaired) electrons. The molecule has 1 aliphatic heterocycles. The van der Waals surface area contributed by atoms with Crippen molar-refractivity contribution in [2.45, 2.75) is 19.8 Å². The first-order chi connectivity index (χ1) is 12.1. The molecule has 0 bridgehead atoms. The fourth-order valence-corrected chi connectivity index (χ4v) is 2.92. The summed E-state index contributed by atoms with van der Waals surface area (Å²) in [6.07, 6.45) is 2.94. The van der Waals surface area contributed by atoms with Crippen LogP contribution in [0.2, 0.25) is 0 Å². The molecule has 2 heterocycles. The van der Waals surface area contributed by atoms with Crippen LogP contribution in [0.3, 0.4) is 0 Å². The van der Waals surface area contributed by atoms with E-state index >= 15 is 0 Å². The highest BCUT2D eigenvalue weighted by Gasteiger charge is 2.29. The number of rotatable bonds is 4. The third kappa shape index (κ3) is 3.84. The quantitative estimate of drug-likeness (QED) is 0.908. The Bertz CT molecular complexity index is 759. The van der Waals surface area contributed by atoms with Gasteiger partial charge in [0.05, 0.1) is 17.8 Å². The summed E-state index contributed by atoms with van der Waals surface area (Å²) in [5.41, 5.74) is 0.778. The molecule has 0 spiro atoms. The van der Waals surface area contributed by atoms with Gasteiger partial charge in [-0.3, -0.25) is 9.59 Å². The fourth-order valence-electron chi connectivity index (χ4n) is 2.92. The summed E-state index contributed by atoms with van der Waals surface area (Å²) in [4.78, 5) is 27.6. The lowest BCUT2D eigenvalue weighted by atomic mass is 9.97. The average molecular weight is 345 g/mol. The van der Waals surface area contributed by atoms with Crippen LogP contribution in [-0.4, -0.2) is 51.3 Å². The summed E-state index contributed by atoms with van der Waals surface area (Å²) in [5, 5.41) is 11.1. The van der Waals surface area contributed by atoms with E-state index in [1.165, 1.54) is 35.3 Å². The second kappa shape index (κ2) is 7.42. The van der Waals surface area contributed by atoms with Gasteiger partial charge in [-0.25, -0.2) is 4.39 Å². The van der Waals surface area contributed by atoms with Crippen LogP contribution < -0.4 is 5.32 Å². The molecule has 132 valence electrons. The van der Waals surface area contributed by atoms with Crippen LogP contribution in [0.1, 0.15) is 30.3 Å². The first-order valence-corrected chi connectivity index (χ1v) is 8.33. The number of halogens is 1. The summed E-state index contributed by atoms with van der Waals surface area (Å²) in [6.45, 7) is 3.43. The van der Waals surface area contributed by atoms with E-state index in [0.29, 0.717) is 25.3 Å². The van der Waals surface area contributed by atoms with Crippen LogP contribution in [0, 0.1) is 11.7 Å². The Balaban J connectivity index is 1.70. The standard InChI is InChI=1S/C17H20FN5O2/c1-2-19-16(24)12-4-3-9-22(11-12)17(25)15-10-20-23(21-15)14-7-5-13(18)6-8-14/h5-8,10,12H,2-4,9,11H2,1H3,(H,19,24)/t12-/m1/s1. The molecule has 2 aromatic rings. The lowest BCUT2D eigenvalue weighted by Gasteiger charge is -2.31. The van der Waals surface area contributed by atoms with Crippen molar-refractivity contribution < 1.29 is 14.0 Å². The molecule has 1 atom stereocenters. The van der Waals surface area contributed by atoms with Crippen molar-refractivity contribution in [3.63, 3.8) is 0 Å². The summed E-state index contributed by atoms with van der Waals surface area (Å²) >= 11 is 0. The van der Waals surface area contributed by atoms with Crippen LogP contribution in [0.4, 0.5) is 4.39 Å². The van der Waals surface area contributed by atoms with Gasteiger partial charge in [-0.15, -0.1) is 5.10 Å². The van der Waals surface area contributed by atoms with Gasteiger partial charge in [-0.2, -0.15) is 9.90 Å². The molecular weight excluding hydrogens is 325 g/mol. The Morgan fingerprint density at radius 1 is 1.32 bits per heavy atom. The van der Waals surface area contributed by atoms with Gasteiger partial charge in [0.25, 0.3) is 5.91 Å². The highest BCUT2D eigenvalue weighted by molar-refractivity contribution is 5.92. The van der Waals surface area contributed by atoms with Gasteiger partial charge < -0.3 is 10.2 Å².